The largest absolute Gasteiger partial charge is 0.325 e. The summed E-state index contributed by atoms with van der Waals surface area (Å²) in [5.74, 6) is 0.929. The molecule has 0 unspecified atom stereocenters. The lowest BCUT2D eigenvalue weighted by atomic mass is 9.95. The van der Waals surface area contributed by atoms with Crippen LogP contribution in [0, 0.1) is 5.92 Å². The average molecular weight is 169 g/mol. The van der Waals surface area contributed by atoms with Gasteiger partial charge in [-0.25, -0.2) is 0 Å². The SMILES string of the molecule is NC1CN(CC2CCNCC2)C1. The van der Waals surface area contributed by atoms with Gasteiger partial charge in [-0.1, -0.05) is 0 Å². The van der Waals surface area contributed by atoms with Gasteiger partial charge in [0.2, 0.25) is 0 Å². The Labute approximate surface area is 74.3 Å². The number of hydrogen-bond donors (Lipinski definition) is 2. The van der Waals surface area contributed by atoms with Gasteiger partial charge in [-0.2, -0.15) is 0 Å². The molecule has 0 atom stereocenters. The monoisotopic (exact) mass is 169 g/mol. The van der Waals surface area contributed by atoms with Crippen molar-refractivity contribution in [2.45, 2.75) is 18.9 Å². The lowest BCUT2D eigenvalue weighted by Crippen LogP contribution is -2.57. The van der Waals surface area contributed by atoms with E-state index in [1.54, 1.807) is 0 Å². The van der Waals surface area contributed by atoms with E-state index in [1.807, 2.05) is 0 Å². The Bertz CT molecular complexity index is 137. The maximum absolute atomic E-state index is 5.72. The summed E-state index contributed by atoms with van der Waals surface area (Å²) in [7, 11) is 0. The molecule has 0 aliphatic carbocycles. The number of nitrogens with two attached hydrogens (primary N) is 1. The van der Waals surface area contributed by atoms with Crippen LogP contribution in [0.5, 0.6) is 0 Å². The van der Waals surface area contributed by atoms with E-state index in [9.17, 15) is 0 Å². The molecule has 2 heterocycles. The molecule has 0 aromatic carbocycles. The summed E-state index contributed by atoms with van der Waals surface area (Å²) < 4.78 is 0. The van der Waals surface area contributed by atoms with Crippen molar-refractivity contribution in [2.24, 2.45) is 11.7 Å². The molecular weight excluding hydrogens is 150 g/mol. The van der Waals surface area contributed by atoms with E-state index in [-0.39, 0.29) is 0 Å². The minimum absolute atomic E-state index is 0.465. The maximum atomic E-state index is 5.72. The van der Waals surface area contributed by atoms with E-state index >= 15 is 0 Å². The zero-order valence-electron chi connectivity index (χ0n) is 7.63. The van der Waals surface area contributed by atoms with Crippen molar-refractivity contribution in [3.8, 4) is 0 Å². The summed E-state index contributed by atoms with van der Waals surface area (Å²) in [6.45, 7) is 5.97. The fraction of sp³-hybridized carbons (Fsp3) is 1.00. The molecule has 0 bridgehead atoms. The highest BCUT2D eigenvalue weighted by atomic mass is 15.2. The van der Waals surface area contributed by atoms with E-state index < -0.39 is 0 Å². The summed E-state index contributed by atoms with van der Waals surface area (Å²) in [5, 5.41) is 3.39. The van der Waals surface area contributed by atoms with Gasteiger partial charge in [0.1, 0.15) is 0 Å². The topological polar surface area (TPSA) is 41.3 Å². The molecule has 0 aromatic rings. The van der Waals surface area contributed by atoms with Crippen LogP contribution < -0.4 is 11.1 Å². The molecule has 0 radical (unpaired) electrons. The average Bonchev–Trinajstić information content (AvgIpc) is 2.04. The second kappa shape index (κ2) is 3.73. The first-order valence-corrected chi connectivity index (χ1v) is 5.03. The third-order valence-corrected chi connectivity index (χ3v) is 2.96. The van der Waals surface area contributed by atoms with Crippen LogP contribution in [0.15, 0.2) is 0 Å². The molecule has 2 rings (SSSR count). The zero-order valence-corrected chi connectivity index (χ0v) is 7.63. The van der Waals surface area contributed by atoms with Gasteiger partial charge < -0.3 is 11.1 Å². The third-order valence-electron chi connectivity index (χ3n) is 2.96. The molecule has 2 fully saturated rings. The van der Waals surface area contributed by atoms with E-state index in [1.165, 1.54) is 32.5 Å². The Balaban J connectivity index is 1.65. The molecule has 0 aromatic heterocycles. The maximum Gasteiger partial charge on any atom is 0.0297 e. The quantitative estimate of drug-likeness (QED) is 0.592. The standard InChI is InChI=1S/C9H19N3/c10-9-6-12(7-9)5-8-1-3-11-4-2-8/h8-9,11H,1-7,10H2. The number of piperidine rings is 1. The van der Waals surface area contributed by atoms with Crippen molar-refractivity contribution in [1.82, 2.24) is 10.2 Å². The molecule has 2 aliphatic rings. The number of likely N-dealkylation sites (tertiary alicyclic amines) is 1. The molecule has 0 saturated carbocycles. The highest BCUT2D eigenvalue weighted by molar-refractivity contribution is 4.84. The summed E-state index contributed by atoms with van der Waals surface area (Å²) >= 11 is 0. The minimum atomic E-state index is 0.465. The van der Waals surface area contributed by atoms with Gasteiger partial charge in [0.05, 0.1) is 0 Å². The van der Waals surface area contributed by atoms with Crippen LogP contribution in [0.3, 0.4) is 0 Å². The Kier molecular flexibility index (Phi) is 2.63. The lowest BCUT2D eigenvalue weighted by Gasteiger charge is -2.40. The Morgan fingerprint density at radius 2 is 1.92 bits per heavy atom. The summed E-state index contributed by atoms with van der Waals surface area (Å²) in [6, 6.07) is 0.465. The van der Waals surface area contributed by atoms with Crippen LogP contribution in [-0.4, -0.2) is 43.7 Å². The molecule has 3 heteroatoms. The van der Waals surface area contributed by atoms with Gasteiger partial charge in [-0.15, -0.1) is 0 Å². The highest BCUT2D eigenvalue weighted by Crippen LogP contribution is 2.16. The van der Waals surface area contributed by atoms with Gasteiger partial charge in [0.25, 0.3) is 0 Å². The molecule has 3 N–H and O–H groups in total. The van der Waals surface area contributed by atoms with Crippen LogP contribution in [-0.2, 0) is 0 Å². The van der Waals surface area contributed by atoms with E-state index in [2.05, 4.69) is 10.2 Å². The van der Waals surface area contributed by atoms with Crippen LogP contribution in [0.25, 0.3) is 0 Å². The Morgan fingerprint density at radius 3 is 2.50 bits per heavy atom. The first-order chi connectivity index (χ1) is 5.84. The smallest absolute Gasteiger partial charge is 0.0297 e. The van der Waals surface area contributed by atoms with Crippen molar-refractivity contribution < 1.29 is 0 Å². The first kappa shape index (κ1) is 8.48. The molecule has 0 amide bonds. The minimum Gasteiger partial charge on any atom is -0.325 e. The van der Waals surface area contributed by atoms with Crippen LogP contribution in [0.2, 0.25) is 0 Å². The second-order valence-corrected chi connectivity index (χ2v) is 4.17. The van der Waals surface area contributed by atoms with E-state index in [4.69, 9.17) is 5.73 Å². The van der Waals surface area contributed by atoms with Crippen LogP contribution in [0.4, 0.5) is 0 Å². The van der Waals surface area contributed by atoms with Gasteiger partial charge in [0, 0.05) is 25.7 Å². The van der Waals surface area contributed by atoms with Crippen molar-refractivity contribution in [3.05, 3.63) is 0 Å². The van der Waals surface area contributed by atoms with Crippen molar-refractivity contribution >= 4 is 0 Å². The van der Waals surface area contributed by atoms with Crippen LogP contribution >= 0.6 is 0 Å². The third kappa shape index (κ3) is 1.97. The van der Waals surface area contributed by atoms with Crippen molar-refractivity contribution in [3.63, 3.8) is 0 Å². The first-order valence-electron chi connectivity index (χ1n) is 5.03. The number of rotatable bonds is 2. The summed E-state index contributed by atoms with van der Waals surface area (Å²) in [6.07, 6.45) is 2.71. The predicted octanol–water partition coefficient (Wildman–Crippen LogP) is -0.371. The second-order valence-electron chi connectivity index (χ2n) is 4.17. The fourth-order valence-electron chi connectivity index (χ4n) is 2.19. The van der Waals surface area contributed by atoms with Gasteiger partial charge in [-0.05, 0) is 31.8 Å². The summed E-state index contributed by atoms with van der Waals surface area (Å²) in [4.78, 5) is 2.49. The van der Waals surface area contributed by atoms with Crippen LogP contribution in [0.1, 0.15) is 12.8 Å². The number of hydrogen-bond acceptors (Lipinski definition) is 3. The summed E-state index contributed by atoms with van der Waals surface area (Å²) in [5.41, 5.74) is 5.72. The number of nitrogens with zero attached hydrogens (tertiary/aromatic N) is 1. The predicted molar refractivity (Wildman–Crippen MR) is 50.0 cm³/mol. The molecule has 2 aliphatic heterocycles. The van der Waals surface area contributed by atoms with Gasteiger partial charge >= 0.3 is 0 Å². The molecular formula is C9H19N3. The number of nitrogens with one attached hydrogen (secondary N) is 1. The fourth-order valence-corrected chi connectivity index (χ4v) is 2.19. The van der Waals surface area contributed by atoms with Gasteiger partial charge in [0.15, 0.2) is 0 Å². The van der Waals surface area contributed by atoms with E-state index in [0.29, 0.717) is 6.04 Å². The van der Waals surface area contributed by atoms with E-state index in [0.717, 1.165) is 19.0 Å². The lowest BCUT2D eigenvalue weighted by molar-refractivity contribution is 0.116. The Hall–Kier alpha value is -0.120. The molecule has 3 nitrogen and oxygen atoms in total. The van der Waals surface area contributed by atoms with Crippen molar-refractivity contribution in [2.75, 3.05) is 32.7 Å². The highest BCUT2D eigenvalue weighted by Gasteiger charge is 2.25. The zero-order chi connectivity index (χ0) is 8.39. The van der Waals surface area contributed by atoms with Gasteiger partial charge in [-0.3, -0.25) is 4.90 Å². The normalized spacial score (nSPS) is 28.8. The molecule has 2 saturated heterocycles. The molecule has 70 valence electrons. The Morgan fingerprint density at radius 1 is 1.25 bits per heavy atom. The van der Waals surface area contributed by atoms with Crippen molar-refractivity contribution in [1.29, 1.82) is 0 Å². The molecule has 12 heavy (non-hydrogen) atoms. The molecule has 0 spiro atoms.